The summed E-state index contributed by atoms with van der Waals surface area (Å²) < 4.78 is 0. The van der Waals surface area contributed by atoms with E-state index in [0.717, 1.165) is 16.7 Å². The van der Waals surface area contributed by atoms with E-state index in [1.54, 1.807) is 0 Å². The molecule has 1 rings (SSSR count). The lowest BCUT2D eigenvalue weighted by Crippen LogP contribution is -2.43. The van der Waals surface area contributed by atoms with Crippen LogP contribution in [0.1, 0.15) is 37.5 Å². The number of nitrogens with zero attached hydrogens (tertiary/aromatic N) is 1. The molecule has 19 heavy (non-hydrogen) atoms. The molecule has 0 saturated heterocycles. The van der Waals surface area contributed by atoms with Gasteiger partial charge in [-0.1, -0.05) is 12.1 Å². The zero-order chi connectivity index (χ0) is 14.8. The number of hydrogen-bond acceptors (Lipinski definition) is 3. The predicted octanol–water partition coefficient (Wildman–Crippen LogP) is 2.69. The molecule has 0 bridgehead atoms. The first-order chi connectivity index (χ1) is 8.61. The second kappa shape index (κ2) is 5.61. The second-order valence-corrected chi connectivity index (χ2v) is 6.00. The second-order valence-electron chi connectivity index (χ2n) is 6.00. The van der Waals surface area contributed by atoms with Gasteiger partial charge < -0.3 is 10.2 Å². The molecule has 0 unspecified atom stereocenters. The summed E-state index contributed by atoms with van der Waals surface area (Å²) in [6.07, 6.45) is 0. The quantitative estimate of drug-likeness (QED) is 0.878. The van der Waals surface area contributed by atoms with E-state index in [1.165, 1.54) is 0 Å². The fourth-order valence-electron chi connectivity index (χ4n) is 2.05. The highest BCUT2D eigenvalue weighted by Gasteiger charge is 2.23. The van der Waals surface area contributed by atoms with Crippen LogP contribution in [0.15, 0.2) is 12.1 Å². The summed E-state index contributed by atoms with van der Waals surface area (Å²) in [6, 6.07) is 3.81. The van der Waals surface area contributed by atoms with E-state index < -0.39 is 5.97 Å². The van der Waals surface area contributed by atoms with Gasteiger partial charge in [0.25, 0.3) is 0 Å². The normalized spacial score (nSPS) is 11.9. The number of rotatable bonds is 4. The van der Waals surface area contributed by atoms with E-state index in [2.05, 4.69) is 0 Å². The monoisotopic (exact) mass is 265 g/mol. The molecule has 0 heterocycles. The van der Waals surface area contributed by atoms with Gasteiger partial charge in [-0.25, -0.2) is 0 Å². The number of carboxylic acids is 1. The van der Waals surface area contributed by atoms with E-state index >= 15 is 0 Å². The molecule has 0 fully saturated rings. The molecule has 0 atom stereocenters. The molecule has 0 aromatic heterocycles. The Labute approximate surface area is 114 Å². The van der Waals surface area contributed by atoms with Crippen molar-refractivity contribution in [2.45, 2.75) is 46.7 Å². The van der Waals surface area contributed by atoms with Crippen molar-refractivity contribution in [2.24, 2.45) is 0 Å². The zero-order valence-corrected chi connectivity index (χ0v) is 12.3. The lowest BCUT2D eigenvalue weighted by molar-refractivity contribution is -0.139. The lowest BCUT2D eigenvalue weighted by Gasteiger charge is -2.34. The Morgan fingerprint density at radius 2 is 1.68 bits per heavy atom. The first kappa shape index (κ1) is 15.5. The number of aliphatic carboxylic acids is 1. The van der Waals surface area contributed by atoms with Crippen LogP contribution < -0.4 is 0 Å². The number of aromatic hydroxyl groups is 1. The van der Waals surface area contributed by atoms with Gasteiger partial charge in [0.1, 0.15) is 5.75 Å². The van der Waals surface area contributed by atoms with Crippen LogP contribution in [-0.4, -0.2) is 33.2 Å². The smallest absolute Gasteiger partial charge is 0.317 e. The van der Waals surface area contributed by atoms with Crippen LogP contribution in [0.5, 0.6) is 5.75 Å². The maximum atomic E-state index is 11.0. The van der Waals surface area contributed by atoms with Crippen LogP contribution >= 0.6 is 0 Å². The van der Waals surface area contributed by atoms with Crippen LogP contribution in [0.3, 0.4) is 0 Å². The van der Waals surface area contributed by atoms with Crippen molar-refractivity contribution < 1.29 is 15.0 Å². The highest BCUT2D eigenvalue weighted by molar-refractivity contribution is 5.69. The Balaban J connectivity index is 3.00. The number of aryl methyl sites for hydroxylation is 2. The fraction of sp³-hybridized carbons (Fsp3) is 0.533. The Morgan fingerprint density at radius 3 is 2.05 bits per heavy atom. The van der Waals surface area contributed by atoms with Crippen molar-refractivity contribution in [3.8, 4) is 5.75 Å². The van der Waals surface area contributed by atoms with Crippen molar-refractivity contribution in [3.05, 3.63) is 28.8 Å². The number of benzene rings is 1. The van der Waals surface area contributed by atoms with Crippen LogP contribution in [-0.2, 0) is 11.3 Å². The Kier molecular flexibility index (Phi) is 4.58. The SMILES string of the molecule is Cc1cc(CN(CC(=O)O)C(C)(C)C)cc(C)c1O. The molecule has 4 heteroatoms. The highest BCUT2D eigenvalue weighted by atomic mass is 16.4. The van der Waals surface area contributed by atoms with E-state index in [0.29, 0.717) is 12.3 Å². The summed E-state index contributed by atoms with van der Waals surface area (Å²) in [6.45, 7) is 10.2. The van der Waals surface area contributed by atoms with Crippen LogP contribution in [0, 0.1) is 13.8 Å². The van der Waals surface area contributed by atoms with E-state index in [4.69, 9.17) is 5.11 Å². The van der Waals surface area contributed by atoms with E-state index in [9.17, 15) is 9.90 Å². The molecular weight excluding hydrogens is 242 g/mol. The third-order valence-electron chi connectivity index (χ3n) is 3.20. The maximum Gasteiger partial charge on any atom is 0.317 e. The molecule has 0 aliphatic carbocycles. The maximum absolute atomic E-state index is 11.0. The first-order valence-electron chi connectivity index (χ1n) is 6.37. The average molecular weight is 265 g/mol. The van der Waals surface area contributed by atoms with Gasteiger partial charge in [-0.3, -0.25) is 9.69 Å². The van der Waals surface area contributed by atoms with Crippen molar-refractivity contribution in [3.63, 3.8) is 0 Å². The first-order valence-corrected chi connectivity index (χ1v) is 6.37. The summed E-state index contributed by atoms with van der Waals surface area (Å²) in [5.74, 6) is -0.522. The molecule has 0 spiro atoms. The van der Waals surface area contributed by atoms with Gasteiger partial charge in [0.05, 0.1) is 6.54 Å². The van der Waals surface area contributed by atoms with Gasteiger partial charge in [-0.2, -0.15) is 0 Å². The zero-order valence-electron chi connectivity index (χ0n) is 12.3. The lowest BCUT2D eigenvalue weighted by atomic mass is 10.0. The number of phenolic OH excluding ortho intramolecular Hbond substituents is 1. The summed E-state index contributed by atoms with van der Waals surface area (Å²) in [7, 11) is 0. The Bertz CT molecular complexity index is 452. The van der Waals surface area contributed by atoms with E-state index in [1.807, 2.05) is 51.7 Å². The van der Waals surface area contributed by atoms with Gasteiger partial charge >= 0.3 is 5.97 Å². The molecule has 2 N–H and O–H groups in total. The minimum atomic E-state index is -0.831. The number of carboxylic acid groups (broad SMARTS) is 1. The third-order valence-corrected chi connectivity index (χ3v) is 3.20. The summed E-state index contributed by atoms with van der Waals surface area (Å²) in [5.41, 5.74) is 2.43. The van der Waals surface area contributed by atoms with Crippen LogP contribution in [0.4, 0.5) is 0 Å². The van der Waals surface area contributed by atoms with Crippen LogP contribution in [0.25, 0.3) is 0 Å². The van der Waals surface area contributed by atoms with Gasteiger partial charge in [-0.05, 0) is 51.3 Å². The molecule has 1 aromatic carbocycles. The number of hydrogen-bond donors (Lipinski definition) is 2. The topological polar surface area (TPSA) is 60.8 Å². The van der Waals surface area contributed by atoms with E-state index in [-0.39, 0.29) is 12.1 Å². The Hall–Kier alpha value is -1.55. The molecule has 106 valence electrons. The molecule has 0 aliphatic heterocycles. The number of phenols is 1. The van der Waals surface area contributed by atoms with Crippen molar-refractivity contribution >= 4 is 5.97 Å². The fourth-order valence-corrected chi connectivity index (χ4v) is 2.05. The highest BCUT2D eigenvalue weighted by Crippen LogP contribution is 2.25. The van der Waals surface area contributed by atoms with Crippen LogP contribution in [0.2, 0.25) is 0 Å². The number of carbonyl (C=O) groups is 1. The van der Waals surface area contributed by atoms with Gasteiger partial charge in [0.2, 0.25) is 0 Å². The van der Waals surface area contributed by atoms with Crippen molar-refractivity contribution in [1.82, 2.24) is 4.90 Å². The third kappa shape index (κ3) is 4.24. The summed E-state index contributed by atoms with van der Waals surface area (Å²) in [5, 5.41) is 18.8. The molecule has 0 aliphatic rings. The predicted molar refractivity (Wildman–Crippen MR) is 75.4 cm³/mol. The molecule has 1 aromatic rings. The minimum Gasteiger partial charge on any atom is -0.507 e. The van der Waals surface area contributed by atoms with Gasteiger partial charge in [0.15, 0.2) is 0 Å². The molecule has 0 radical (unpaired) electrons. The van der Waals surface area contributed by atoms with Gasteiger partial charge in [0, 0.05) is 12.1 Å². The standard InChI is InChI=1S/C15H23NO3/c1-10-6-12(7-11(2)14(10)19)8-16(9-13(17)18)15(3,4)5/h6-7,19H,8-9H2,1-5H3,(H,17,18). The molecule has 4 nitrogen and oxygen atoms in total. The molecule has 0 amide bonds. The van der Waals surface area contributed by atoms with Crippen molar-refractivity contribution in [1.29, 1.82) is 0 Å². The minimum absolute atomic E-state index is 0.00245. The summed E-state index contributed by atoms with van der Waals surface area (Å²) >= 11 is 0. The largest absolute Gasteiger partial charge is 0.507 e. The van der Waals surface area contributed by atoms with Crippen molar-refractivity contribution in [2.75, 3.05) is 6.54 Å². The molecular formula is C15H23NO3. The molecule has 0 saturated carbocycles. The summed E-state index contributed by atoms with van der Waals surface area (Å²) in [4.78, 5) is 12.9. The Morgan fingerprint density at radius 1 is 1.21 bits per heavy atom. The average Bonchev–Trinajstić information content (AvgIpc) is 2.23. The van der Waals surface area contributed by atoms with Gasteiger partial charge in [-0.15, -0.1) is 0 Å².